The lowest BCUT2D eigenvalue weighted by Gasteiger charge is -2.18. The normalized spacial score (nSPS) is 10.9. The van der Waals surface area contributed by atoms with E-state index in [1.54, 1.807) is 11.7 Å². The van der Waals surface area contributed by atoms with Crippen LogP contribution in [0.15, 0.2) is 0 Å². The Labute approximate surface area is 105 Å². The summed E-state index contributed by atoms with van der Waals surface area (Å²) in [7, 11) is 1.80. The molecule has 0 radical (unpaired) electrons. The number of carboxylic acid groups (broad SMARTS) is 2. The van der Waals surface area contributed by atoms with Gasteiger partial charge in [-0.05, 0) is 13.8 Å². The molecule has 0 aromatic carbocycles. The van der Waals surface area contributed by atoms with Crippen LogP contribution in [-0.2, 0) is 23.2 Å². The summed E-state index contributed by atoms with van der Waals surface area (Å²) in [5.41, 5.74) is 2.57. The van der Waals surface area contributed by atoms with E-state index in [1.165, 1.54) is 4.90 Å². The summed E-state index contributed by atoms with van der Waals surface area (Å²) in [6.07, 6.45) is 0. The van der Waals surface area contributed by atoms with Gasteiger partial charge < -0.3 is 10.2 Å². The molecule has 0 aliphatic carbocycles. The van der Waals surface area contributed by atoms with Crippen LogP contribution >= 0.6 is 0 Å². The summed E-state index contributed by atoms with van der Waals surface area (Å²) in [4.78, 5) is 22.8. The van der Waals surface area contributed by atoms with Gasteiger partial charge in [0, 0.05) is 24.8 Å². The molecule has 0 atom stereocenters. The fourth-order valence-electron chi connectivity index (χ4n) is 1.82. The van der Waals surface area contributed by atoms with E-state index in [0.29, 0.717) is 0 Å². The number of rotatable bonds is 6. The molecule has 1 rings (SSSR count). The van der Waals surface area contributed by atoms with Crippen molar-refractivity contribution in [3.63, 3.8) is 0 Å². The lowest BCUT2D eigenvalue weighted by molar-refractivity contribution is -0.142. The number of hydrogen-bond donors (Lipinski definition) is 2. The van der Waals surface area contributed by atoms with Gasteiger partial charge in [-0.25, -0.2) is 0 Å². The smallest absolute Gasteiger partial charge is 0.317 e. The Morgan fingerprint density at radius 1 is 1.22 bits per heavy atom. The molecule has 0 amide bonds. The molecule has 7 heteroatoms. The van der Waals surface area contributed by atoms with E-state index in [1.807, 2.05) is 13.8 Å². The average molecular weight is 255 g/mol. The van der Waals surface area contributed by atoms with Crippen molar-refractivity contribution >= 4 is 11.9 Å². The lowest BCUT2D eigenvalue weighted by atomic mass is 10.2. The van der Waals surface area contributed by atoms with Gasteiger partial charge in [0.05, 0.1) is 18.8 Å². The number of aromatic nitrogens is 2. The fourth-order valence-corrected chi connectivity index (χ4v) is 1.82. The molecule has 2 N–H and O–H groups in total. The van der Waals surface area contributed by atoms with E-state index in [0.717, 1.165) is 17.0 Å². The Hall–Kier alpha value is -1.89. The molecule has 0 bridgehead atoms. The molecule has 1 aromatic rings. The molecule has 1 aromatic heterocycles. The highest BCUT2D eigenvalue weighted by atomic mass is 16.4. The highest BCUT2D eigenvalue weighted by Crippen LogP contribution is 2.14. The van der Waals surface area contributed by atoms with E-state index < -0.39 is 11.9 Å². The zero-order chi connectivity index (χ0) is 13.9. The largest absolute Gasteiger partial charge is 0.480 e. The highest BCUT2D eigenvalue weighted by Gasteiger charge is 2.18. The lowest BCUT2D eigenvalue weighted by Crippen LogP contribution is -2.34. The fraction of sp³-hybridized carbons (Fsp3) is 0.545. The summed E-state index contributed by atoms with van der Waals surface area (Å²) < 4.78 is 1.70. The van der Waals surface area contributed by atoms with Crippen LogP contribution in [0.2, 0.25) is 0 Å². The molecule has 0 fully saturated rings. The first-order valence-electron chi connectivity index (χ1n) is 5.46. The Bertz CT molecular complexity index is 451. The molecule has 0 spiro atoms. The maximum absolute atomic E-state index is 10.7. The van der Waals surface area contributed by atoms with Crippen LogP contribution in [-0.4, -0.2) is 49.9 Å². The van der Waals surface area contributed by atoms with Gasteiger partial charge in [-0.15, -0.1) is 0 Å². The van der Waals surface area contributed by atoms with E-state index in [-0.39, 0.29) is 19.6 Å². The van der Waals surface area contributed by atoms with Gasteiger partial charge in [0.2, 0.25) is 0 Å². The van der Waals surface area contributed by atoms with Gasteiger partial charge in [-0.1, -0.05) is 0 Å². The van der Waals surface area contributed by atoms with Crippen molar-refractivity contribution < 1.29 is 19.8 Å². The zero-order valence-electron chi connectivity index (χ0n) is 10.7. The van der Waals surface area contributed by atoms with Crippen molar-refractivity contribution in [2.24, 2.45) is 7.05 Å². The van der Waals surface area contributed by atoms with E-state index in [2.05, 4.69) is 5.10 Å². The monoisotopic (exact) mass is 255 g/mol. The summed E-state index contributed by atoms with van der Waals surface area (Å²) in [6.45, 7) is 3.35. The van der Waals surface area contributed by atoms with E-state index in [4.69, 9.17) is 10.2 Å². The van der Waals surface area contributed by atoms with Gasteiger partial charge in [0.1, 0.15) is 0 Å². The number of nitrogens with zero attached hydrogens (tertiary/aromatic N) is 3. The van der Waals surface area contributed by atoms with Crippen molar-refractivity contribution in [1.29, 1.82) is 0 Å². The van der Waals surface area contributed by atoms with Crippen molar-refractivity contribution in [2.75, 3.05) is 13.1 Å². The molecule has 1 heterocycles. The number of hydrogen-bond acceptors (Lipinski definition) is 4. The maximum Gasteiger partial charge on any atom is 0.317 e. The van der Waals surface area contributed by atoms with Crippen LogP contribution in [0.5, 0.6) is 0 Å². The quantitative estimate of drug-likeness (QED) is 0.743. The van der Waals surface area contributed by atoms with Crippen LogP contribution in [0.3, 0.4) is 0 Å². The Morgan fingerprint density at radius 3 is 2.06 bits per heavy atom. The molecule has 0 saturated carbocycles. The molecule has 0 saturated heterocycles. The van der Waals surface area contributed by atoms with Crippen molar-refractivity contribution in [2.45, 2.75) is 20.4 Å². The minimum Gasteiger partial charge on any atom is -0.480 e. The second kappa shape index (κ2) is 5.63. The van der Waals surface area contributed by atoms with Crippen molar-refractivity contribution in [3.05, 3.63) is 17.0 Å². The molecule has 100 valence electrons. The first-order chi connectivity index (χ1) is 8.31. The topological polar surface area (TPSA) is 95.7 Å². The molecule has 18 heavy (non-hydrogen) atoms. The third-order valence-electron chi connectivity index (χ3n) is 2.76. The molecule has 0 aliphatic rings. The Morgan fingerprint density at radius 2 is 1.72 bits per heavy atom. The SMILES string of the molecule is Cc1nn(C)c(C)c1CN(CC(=O)O)CC(=O)O. The summed E-state index contributed by atoms with van der Waals surface area (Å²) in [5.74, 6) is -2.09. The van der Waals surface area contributed by atoms with Crippen LogP contribution in [0.25, 0.3) is 0 Å². The second-order valence-electron chi connectivity index (χ2n) is 4.21. The summed E-state index contributed by atoms with van der Waals surface area (Å²) in [6, 6.07) is 0. The summed E-state index contributed by atoms with van der Waals surface area (Å²) >= 11 is 0. The molecule has 7 nitrogen and oxygen atoms in total. The Balaban J connectivity index is 2.88. The van der Waals surface area contributed by atoms with E-state index >= 15 is 0 Å². The number of aliphatic carboxylic acids is 2. The van der Waals surface area contributed by atoms with Crippen LogP contribution in [0, 0.1) is 13.8 Å². The average Bonchev–Trinajstić information content (AvgIpc) is 2.43. The van der Waals surface area contributed by atoms with Crippen LogP contribution < -0.4 is 0 Å². The number of aryl methyl sites for hydroxylation is 2. The van der Waals surface area contributed by atoms with Gasteiger partial charge >= 0.3 is 11.9 Å². The van der Waals surface area contributed by atoms with Gasteiger partial charge in [0.25, 0.3) is 0 Å². The molecule has 0 unspecified atom stereocenters. The first kappa shape index (κ1) is 14.2. The van der Waals surface area contributed by atoms with Gasteiger partial charge in [-0.2, -0.15) is 5.10 Å². The van der Waals surface area contributed by atoms with E-state index in [9.17, 15) is 9.59 Å². The Kier molecular flexibility index (Phi) is 4.43. The minimum atomic E-state index is -1.05. The zero-order valence-corrected chi connectivity index (χ0v) is 10.7. The number of carbonyl (C=O) groups is 2. The van der Waals surface area contributed by atoms with Crippen LogP contribution in [0.4, 0.5) is 0 Å². The highest BCUT2D eigenvalue weighted by molar-refractivity contribution is 5.72. The third-order valence-corrected chi connectivity index (χ3v) is 2.76. The molecule has 0 aliphatic heterocycles. The number of carboxylic acids is 2. The first-order valence-corrected chi connectivity index (χ1v) is 5.46. The summed E-state index contributed by atoms with van der Waals surface area (Å²) in [5, 5.41) is 21.7. The molecular formula is C11H17N3O4. The van der Waals surface area contributed by atoms with Crippen LogP contribution in [0.1, 0.15) is 17.0 Å². The molecular weight excluding hydrogens is 238 g/mol. The van der Waals surface area contributed by atoms with Gasteiger partial charge in [-0.3, -0.25) is 19.2 Å². The maximum atomic E-state index is 10.7. The second-order valence-corrected chi connectivity index (χ2v) is 4.21. The van der Waals surface area contributed by atoms with Crippen molar-refractivity contribution in [1.82, 2.24) is 14.7 Å². The van der Waals surface area contributed by atoms with Gasteiger partial charge in [0.15, 0.2) is 0 Å². The minimum absolute atomic E-state index is 0.268. The predicted octanol–water partition coefficient (Wildman–Crippen LogP) is 0.00814. The van der Waals surface area contributed by atoms with Crippen molar-refractivity contribution in [3.8, 4) is 0 Å². The third kappa shape index (κ3) is 3.56. The standard InChI is InChI=1S/C11H17N3O4/c1-7-9(8(2)13(3)12-7)4-14(5-10(15)16)6-11(17)18/h4-6H2,1-3H3,(H,15,16)(H,17,18). The predicted molar refractivity (Wildman–Crippen MR) is 63.2 cm³/mol.